The van der Waals surface area contributed by atoms with Gasteiger partial charge in [-0.1, -0.05) is 24.3 Å². The average molecular weight is 306 g/mol. The molecule has 0 aliphatic rings. The van der Waals surface area contributed by atoms with Crippen molar-refractivity contribution in [2.24, 2.45) is 0 Å². The zero-order chi connectivity index (χ0) is 16.7. The predicted molar refractivity (Wildman–Crippen MR) is 89.0 cm³/mol. The first-order chi connectivity index (χ1) is 10.4. The van der Waals surface area contributed by atoms with Gasteiger partial charge in [0.2, 0.25) is 5.91 Å². The average Bonchev–Trinajstić information content (AvgIpc) is 2.40. The van der Waals surface area contributed by atoms with E-state index in [4.69, 9.17) is 0 Å². The van der Waals surface area contributed by atoms with Crippen molar-refractivity contribution in [1.29, 1.82) is 0 Å². The van der Waals surface area contributed by atoms with Crippen molar-refractivity contribution < 1.29 is 9.18 Å². The summed E-state index contributed by atoms with van der Waals surface area (Å²) in [6.45, 7) is 13.0. The lowest BCUT2D eigenvalue weighted by molar-refractivity contribution is -0.136. The molecule has 1 rings (SSSR count). The van der Waals surface area contributed by atoms with Gasteiger partial charge in [0.15, 0.2) is 0 Å². The summed E-state index contributed by atoms with van der Waals surface area (Å²) < 4.78 is 13.8. The van der Waals surface area contributed by atoms with Crippen LogP contribution in [0, 0.1) is 5.82 Å². The smallest absolute Gasteiger partial charge is 0.237 e. The summed E-state index contributed by atoms with van der Waals surface area (Å²) in [4.78, 5) is 16.3. The Morgan fingerprint density at radius 1 is 1.23 bits per heavy atom. The summed E-state index contributed by atoms with van der Waals surface area (Å²) in [5.74, 6) is -0.184. The summed E-state index contributed by atoms with van der Waals surface area (Å²) in [5, 5.41) is 0. The fraction of sp³-hybridized carbons (Fsp3) is 0.500. The van der Waals surface area contributed by atoms with E-state index in [-0.39, 0.29) is 30.4 Å². The van der Waals surface area contributed by atoms with E-state index in [0.717, 1.165) is 0 Å². The van der Waals surface area contributed by atoms with Gasteiger partial charge in [-0.3, -0.25) is 9.69 Å². The second-order valence-corrected chi connectivity index (χ2v) is 6.04. The van der Waals surface area contributed by atoms with Crippen LogP contribution in [0.3, 0.4) is 0 Å². The highest BCUT2D eigenvalue weighted by Crippen LogP contribution is 2.12. The number of hydrogen-bond donors (Lipinski definition) is 0. The van der Waals surface area contributed by atoms with Gasteiger partial charge in [0.25, 0.3) is 0 Å². The Labute approximate surface area is 133 Å². The number of amides is 1. The van der Waals surface area contributed by atoms with Crippen molar-refractivity contribution in [3.63, 3.8) is 0 Å². The molecule has 0 N–H and O–H groups in total. The zero-order valence-corrected chi connectivity index (χ0v) is 14.1. The Morgan fingerprint density at radius 2 is 1.82 bits per heavy atom. The maximum Gasteiger partial charge on any atom is 0.237 e. The maximum absolute atomic E-state index is 13.8. The van der Waals surface area contributed by atoms with Crippen molar-refractivity contribution in [2.75, 3.05) is 13.1 Å². The third-order valence-electron chi connectivity index (χ3n) is 3.50. The van der Waals surface area contributed by atoms with Crippen molar-refractivity contribution in [3.05, 3.63) is 48.3 Å². The molecule has 1 aromatic rings. The summed E-state index contributed by atoms with van der Waals surface area (Å²) in [5.41, 5.74) is 0.595. The number of halogens is 1. The van der Waals surface area contributed by atoms with E-state index < -0.39 is 0 Å². The van der Waals surface area contributed by atoms with E-state index >= 15 is 0 Å². The van der Waals surface area contributed by atoms with Crippen LogP contribution < -0.4 is 0 Å². The summed E-state index contributed by atoms with van der Waals surface area (Å²) in [7, 11) is 0. The molecule has 0 atom stereocenters. The minimum Gasteiger partial charge on any atom is -0.337 e. The van der Waals surface area contributed by atoms with Gasteiger partial charge >= 0.3 is 0 Å². The second-order valence-electron chi connectivity index (χ2n) is 6.04. The normalized spacial score (nSPS) is 11.3. The lowest BCUT2D eigenvalue weighted by Gasteiger charge is -2.33. The van der Waals surface area contributed by atoms with Crippen LogP contribution in [0.1, 0.15) is 33.3 Å². The highest BCUT2D eigenvalue weighted by atomic mass is 19.1. The highest BCUT2D eigenvalue weighted by molar-refractivity contribution is 5.78. The number of rotatable bonds is 8. The van der Waals surface area contributed by atoms with Crippen LogP contribution in [0.2, 0.25) is 0 Å². The molecule has 0 radical (unpaired) electrons. The quantitative estimate of drug-likeness (QED) is 0.687. The fourth-order valence-electron chi connectivity index (χ4n) is 2.68. The predicted octanol–water partition coefficient (Wildman–Crippen LogP) is 3.46. The molecule has 1 aromatic carbocycles. The van der Waals surface area contributed by atoms with Crippen molar-refractivity contribution >= 4 is 5.91 Å². The molecule has 0 bridgehead atoms. The molecule has 0 aliphatic heterocycles. The van der Waals surface area contributed by atoms with E-state index in [1.54, 1.807) is 24.3 Å². The van der Waals surface area contributed by atoms with Crippen molar-refractivity contribution in [3.8, 4) is 0 Å². The first-order valence-corrected chi connectivity index (χ1v) is 7.74. The third-order valence-corrected chi connectivity index (χ3v) is 3.50. The molecule has 0 aromatic heterocycles. The van der Waals surface area contributed by atoms with Crippen LogP contribution in [-0.4, -0.2) is 40.9 Å². The summed E-state index contributed by atoms with van der Waals surface area (Å²) in [6.07, 6.45) is 1.74. The van der Waals surface area contributed by atoms with E-state index in [0.29, 0.717) is 18.7 Å². The van der Waals surface area contributed by atoms with Crippen molar-refractivity contribution in [2.45, 2.75) is 46.3 Å². The first kappa shape index (κ1) is 18.4. The fourth-order valence-corrected chi connectivity index (χ4v) is 2.68. The molecule has 0 saturated heterocycles. The van der Waals surface area contributed by atoms with Crippen LogP contribution in [0.25, 0.3) is 0 Å². The van der Waals surface area contributed by atoms with Crippen LogP contribution in [0.4, 0.5) is 4.39 Å². The summed E-state index contributed by atoms with van der Waals surface area (Å²) in [6, 6.07) is 6.95. The third kappa shape index (κ3) is 5.26. The summed E-state index contributed by atoms with van der Waals surface area (Å²) >= 11 is 0. The van der Waals surface area contributed by atoms with Crippen LogP contribution in [0.5, 0.6) is 0 Å². The highest BCUT2D eigenvalue weighted by Gasteiger charge is 2.22. The lowest BCUT2D eigenvalue weighted by atomic mass is 10.2. The molecule has 0 saturated carbocycles. The number of carbonyl (C=O) groups is 1. The maximum atomic E-state index is 13.8. The van der Waals surface area contributed by atoms with Gasteiger partial charge < -0.3 is 4.90 Å². The van der Waals surface area contributed by atoms with Gasteiger partial charge in [0, 0.05) is 30.7 Å². The minimum atomic E-state index is -0.242. The van der Waals surface area contributed by atoms with Crippen LogP contribution in [-0.2, 0) is 11.3 Å². The molecule has 0 aliphatic carbocycles. The molecule has 22 heavy (non-hydrogen) atoms. The Bertz CT molecular complexity index is 492. The number of hydrogen-bond acceptors (Lipinski definition) is 2. The number of nitrogens with zero attached hydrogens (tertiary/aromatic N) is 2. The molecule has 122 valence electrons. The second kappa shape index (κ2) is 8.69. The minimum absolute atomic E-state index is 0.0585. The Kier molecular flexibility index (Phi) is 7.25. The van der Waals surface area contributed by atoms with Gasteiger partial charge in [-0.15, -0.1) is 6.58 Å². The molecular formula is C18H27FN2O. The van der Waals surface area contributed by atoms with E-state index in [9.17, 15) is 9.18 Å². The molecular weight excluding hydrogens is 279 g/mol. The van der Waals surface area contributed by atoms with Gasteiger partial charge in [-0.25, -0.2) is 4.39 Å². The van der Waals surface area contributed by atoms with E-state index in [1.165, 1.54) is 6.07 Å². The SMILES string of the molecule is C=CCN(CC(=O)N(C(C)C)C(C)C)Cc1ccccc1F. The van der Waals surface area contributed by atoms with E-state index in [1.807, 2.05) is 37.5 Å². The topological polar surface area (TPSA) is 23.6 Å². The number of carbonyl (C=O) groups excluding carboxylic acids is 1. The molecule has 0 heterocycles. The molecule has 0 unspecified atom stereocenters. The van der Waals surface area contributed by atoms with Crippen molar-refractivity contribution in [1.82, 2.24) is 9.80 Å². The lowest BCUT2D eigenvalue weighted by Crippen LogP contribution is -2.47. The Hall–Kier alpha value is -1.68. The van der Waals surface area contributed by atoms with Crippen LogP contribution >= 0.6 is 0 Å². The van der Waals surface area contributed by atoms with Gasteiger partial charge in [-0.05, 0) is 33.8 Å². The van der Waals surface area contributed by atoms with Crippen LogP contribution in [0.15, 0.2) is 36.9 Å². The molecule has 1 amide bonds. The monoisotopic (exact) mass is 306 g/mol. The number of benzene rings is 1. The van der Waals surface area contributed by atoms with Gasteiger partial charge in [-0.2, -0.15) is 0 Å². The largest absolute Gasteiger partial charge is 0.337 e. The molecule has 0 fully saturated rings. The van der Waals surface area contributed by atoms with Gasteiger partial charge in [0.05, 0.1) is 6.54 Å². The Morgan fingerprint density at radius 3 is 2.32 bits per heavy atom. The van der Waals surface area contributed by atoms with Gasteiger partial charge in [0.1, 0.15) is 5.82 Å². The molecule has 4 heteroatoms. The zero-order valence-electron chi connectivity index (χ0n) is 14.1. The first-order valence-electron chi connectivity index (χ1n) is 7.74. The molecule has 0 spiro atoms. The Balaban J connectivity index is 2.81. The van der Waals surface area contributed by atoms with E-state index in [2.05, 4.69) is 6.58 Å². The molecule has 3 nitrogen and oxygen atoms in total. The standard InChI is InChI=1S/C18H27FN2O/c1-6-11-20(12-16-9-7-8-10-17(16)19)13-18(22)21(14(2)3)15(4)5/h6-10,14-15H,1,11-13H2,2-5H3.